The predicted molar refractivity (Wildman–Crippen MR) is 132 cm³/mol. The van der Waals surface area contributed by atoms with Crippen molar-refractivity contribution >= 4 is 33.4 Å². The molecule has 0 radical (unpaired) electrons. The van der Waals surface area contributed by atoms with Gasteiger partial charge in [-0.1, -0.05) is 0 Å². The molecule has 2 saturated heterocycles. The van der Waals surface area contributed by atoms with Crippen LogP contribution in [-0.2, 0) is 19.6 Å². The van der Waals surface area contributed by atoms with Gasteiger partial charge in [0.2, 0.25) is 21.8 Å². The Labute approximate surface area is 210 Å². The Balaban J connectivity index is 1.42. The summed E-state index contributed by atoms with van der Waals surface area (Å²) in [5.41, 5.74) is 0.846. The molecule has 2 heterocycles. The van der Waals surface area contributed by atoms with Gasteiger partial charge in [-0.15, -0.1) is 0 Å². The fraction of sp³-hybridized carbons (Fsp3) is 0.400. The van der Waals surface area contributed by atoms with Crippen molar-refractivity contribution < 1.29 is 32.3 Å². The molecule has 10 nitrogen and oxygen atoms in total. The Hall–Kier alpha value is -3.44. The fourth-order valence-electron chi connectivity index (χ4n) is 4.27. The van der Waals surface area contributed by atoms with E-state index in [4.69, 9.17) is 9.47 Å². The molecule has 4 rings (SSSR count). The lowest BCUT2D eigenvalue weighted by molar-refractivity contribution is -0.121. The molecule has 3 amide bonds. The van der Waals surface area contributed by atoms with Gasteiger partial charge >= 0.3 is 0 Å². The van der Waals surface area contributed by atoms with Crippen LogP contribution in [0.15, 0.2) is 47.4 Å². The summed E-state index contributed by atoms with van der Waals surface area (Å²) in [6, 6.07) is 10.9. The van der Waals surface area contributed by atoms with E-state index in [-0.39, 0.29) is 61.6 Å². The van der Waals surface area contributed by atoms with Crippen molar-refractivity contribution in [1.29, 1.82) is 0 Å². The maximum atomic E-state index is 13.2. The zero-order valence-corrected chi connectivity index (χ0v) is 21.1. The van der Waals surface area contributed by atoms with Gasteiger partial charge in [-0.05, 0) is 50.2 Å². The van der Waals surface area contributed by atoms with E-state index in [9.17, 15) is 22.8 Å². The minimum Gasteiger partial charge on any atom is -0.490 e. The fourth-order valence-corrected chi connectivity index (χ4v) is 5.71. The average Bonchev–Trinajstić information content (AvgIpc) is 3.22. The van der Waals surface area contributed by atoms with E-state index in [2.05, 4.69) is 0 Å². The van der Waals surface area contributed by atoms with Crippen LogP contribution in [0, 0.1) is 0 Å². The van der Waals surface area contributed by atoms with Gasteiger partial charge in [0, 0.05) is 50.7 Å². The molecule has 0 bridgehead atoms. The number of imide groups is 1. The largest absolute Gasteiger partial charge is 0.490 e. The number of sulfonamides is 1. The zero-order chi connectivity index (χ0) is 25.9. The molecule has 2 aromatic carbocycles. The van der Waals surface area contributed by atoms with E-state index in [1.54, 1.807) is 35.2 Å². The Bertz CT molecular complexity index is 1240. The first-order valence-corrected chi connectivity index (χ1v) is 13.3. The number of hydrogen-bond donors (Lipinski definition) is 0. The van der Waals surface area contributed by atoms with Crippen LogP contribution < -0.4 is 14.4 Å². The molecule has 0 aromatic heterocycles. The van der Waals surface area contributed by atoms with E-state index < -0.39 is 10.0 Å². The van der Waals surface area contributed by atoms with Crippen molar-refractivity contribution in [3.05, 3.63) is 48.0 Å². The van der Waals surface area contributed by atoms with Crippen molar-refractivity contribution in [2.24, 2.45) is 0 Å². The first-order chi connectivity index (χ1) is 17.3. The second kappa shape index (κ2) is 10.7. The highest BCUT2D eigenvalue weighted by molar-refractivity contribution is 7.89. The number of ether oxygens (including phenoxy) is 2. The SMILES string of the molecule is CCOc1ccc(S(=O)(=O)N2CCN(C(=O)c3ccc(N4C(=O)CCC4=O)cc3)CC2)cc1OCC. The monoisotopic (exact) mass is 515 g/mol. The van der Waals surface area contributed by atoms with Crippen molar-refractivity contribution in [3.8, 4) is 11.5 Å². The topological polar surface area (TPSA) is 114 Å². The minimum absolute atomic E-state index is 0.107. The number of anilines is 1. The Morgan fingerprint density at radius 2 is 1.42 bits per heavy atom. The molecule has 2 aromatic rings. The summed E-state index contributed by atoms with van der Waals surface area (Å²) in [4.78, 5) is 39.7. The van der Waals surface area contributed by atoms with Crippen LogP contribution >= 0.6 is 0 Å². The van der Waals surface area contributed by atoms with Gasteiger partial charge in [0.25, 0.3) is 5.91 Å². The lowest BCUT2D eigenvalue weighted by Crippen LogP contribution is -2.50. The Kier molecular flexibility index (Phi) is 7.60. The van der Waals surface area contributed by atoms with Gasteiger partial charge in [0.05, 0.1) is 23.8 Å². The van der Waals surface area contributed by atoms with E-state index in [1.807, 2.05) is 13.8 Å². The summed E-state index contributed by atoms with van der Waals surface area (Å²) >= 11 is 0. The molecule has 0 unspecified atom stereocenters. The maximum absolute atomic E-state index is 13.2. The molecule has 2 aliphatic heterocycles. The van der Waals surface area contributed by atoms with Gasteiger partial charge in [-0.3, -0.25) is 19.3 Å². The van der Waals surface area contributed by atoms with Crippen molar-refractivity contribution in [3.63, 3.8) is 0 Å². The van der Waals surface area contributed by atoms with E-state index in [1.165, 1.54) is 16.4 Å². The number of amides is 3. The molecule has 36 heavy (non-hydrogen) atoms. The lowest BCUT2D eigenvalue weighted by Gasteiger charge is -2.34. The van der Waals surface area contributed by atoms with Crippen LogP contribution in [0.1, 0.15) is 37.0 Å². The smallest absolute Gasteiger partial charge is 0.253 e. The molecular formula is C25H29N3O7S. The summed E-state index contributed by atoms with van der Waals surface area (Å²) < 4.78 is 38.9. The summed E-state index contributed by atoms with van der Waals surface area (Å²) in [7, 11) is -3.78. The number of carbonyl (C=O) groups excluding carboxylic acids is 3. The average molecular weight is 516 g/mol. The molecule has 0 spiro atoms. The van der Waals surface area contributed by atoms with E-state index >= 15 is 0 Å². The Morgan fingerprint density at radius 1 is 0.833 bits per heavy atom. The lowest BCUT2D eigenvalue weighted by atomic mass is 10.1. The first kappa shape index (κ1) is 25.6. The number of benzene rings is 2. The third-order valence-corrected chi connectivity index (χ3v) is 8.00. The van der Waals surface area contributed by atoms with Crippen molar-refractivity contribution in [2.45, 2.75) is 31.6 Å². The molecule has 11 heteroatoms. The van der Waals surface area contributed by atoms with Crippen LogP contribution in [0.3, 0.4) is 0 Å². The minimum atomic E-state index is -3.78. The molecule has 2 fully saturated rings. The normalized spacial score (nSPS) is 16.9. The highest BCUT2D eigenvalue weighted by atomic mass is 32.2. The third-order valence-electron chi connectivity index (χ3n) is 6.10. The van der Waals surface area contributed by atoms with Gasteiger partial charge in [-0.25, -0.2) is 8.42 Å². The maximum Gasteiger partial charge on any atom is 0.253 e. The molecular weight excluding hydrogens is 486 g/mol. The van der Waals surface area contributed by atoms with Crippen LogP contribution in [0.4, 0.5) is 5.69 Å². The van der Waals surface area contributed by atoms with Gasteiger partial charge in [-0.2, -0.15) is 4.31 Å². The van der Waals surface area contributed by atoms with E-state index in [0.29, 0.717) is 36.0 Å². The Morgan fingerprint density at radius 3 is 2.00 bits per heavy atom. The standard InChI is InChI=1S/C25H29N3O7S/c1-3-34-21-10-9-20(17-22(21)35-4-2)36(32,33)27-15-13-26(14-16-27)25(31)18-5-7-19(8-6-18)28-23(29)11-12-24(28)30/h5-10,17H,3-4,11-16H2,1-2H3. The van der Waals surface area contributed by atoms with Crippen molar-refractivity contribution in [2.75, 3.05) is 44.3 Å². The molecule has 192 valence electrons. The van der Waals surface area contributed by atoms with Crippen LogP contribution in [0.5, 0.6) is 11.5 Å². The highest BCUT2D eigenvalue weighted by Gasteiger charge is 2.32. The summed E-state index contributed by atoms with van der Waals surface area (Å²) in [5, 5.41) is 0. The number of rotatable bonds is 8. The second-order valence-corrected chi connectivity index (χ2v) is 10.3. The van der Waals surface area contributed by atoms with Crippen LogP contribution in [0.25, 0.3) is 0 Å². The molecule has 0 N–H and O–H groups in total. The molecule has 0 saturated carbocycles. The van der Waals surface area contributed by atoms with Crippen molar-refractivity contribution in [1.82, 2.24) is 9.21 Å². The quantitative estimate of drug-likeness (QED) is 0.496. The van der Waals surface area contributed by atoms with Crippen LogP contribution in [0.2, 0.25) is 0 Å². The second-order valence-electron chi connectivity index (χ2n) is 8.34. The number of hydrogen-bond acceptors (Lipinski definition) is 7. The predicted octanol–water partition coefficient (Wildman–Crippen LogP) is 2.28. The number of carbonyl (C=O) groups is 3. The van der Waals surface area contributed by atoms with Crippen LogP contribution in [-0.4, -0.2) is 74.7 Å². The summed E-state index contributed by atoms with van der Waals surface area (Å²) in [6.07, 6.45) is 0.382. The summed E-state index contributed by atoms with van der Waals surface area (Å²) in [5.74, 6) is 0.111. The van der Waals surface area contributed by atoms with E-state index in [0.717, 1.165) is 4.90 Å². The molecule has 0 aliphatic carbocycles. The first-order valence-electron chi connectivity index (χ1n) is 11.9. The number of nitrogens with zero attached hydrogens (tertiary/aromatic N) is 3. The zero-order valence-electron chi connectivity index (χ0n) is 20.3. The van der Waals surface area contributed by atoms with Gasteiger partial charge in [0.1, 0.15) is 0 Å². The molecule has 0 atom stereocenters. The van der Waals surface area contributed by atoms with Gasteiger partial charge in [0.15, 0.2) is 11.5 Å². The van der Waals surface area contributed by atoms with Gasteiger partial charge < -0.3 is 14.4 Å². The highest BCUT2D eigenvalue weighted by Crippen LogP contribution is 2.32. The number of piperazine rings is 1. The summed E-state index contributed by atoms with van der Waals surface area (Å²) in [6.45, 7) is 5.23. The third kappa shape index (κ3) is 5.07. The molecule has 2 aliphatic rings.